The van der Waals surface area contributed by atoms with Crippen LogP contribution < -0.4 is 15.0 Å². The van der Waals surface area contributed by atoms with Crippen molar-refractivity contribution in [2.24, 2.45) is 7.05 Å². The van der Waals surface area contributed by atoms with Gasteiger partial charge in [-0.25, -0.2) is 4.68 Å². The monoisotopic (exact) mass is 453 g/mol. The van der Waals surface area contributed by atoms with E-state index in [1.807, 2.05) is 23.9 Å². The van der Waals surface area contributed by atoms with Crippen LogP contribution in [-0.2, 0) is 26.4 Å². The molecule has 6 rings (SSSR count). The lowest BCUT2D eigenvalue weighted by Crippen LogP contribution is -2.29. The lowest BCUT2D eigenvalue weighted by molar-refractivity contribution is 0.414. The van der Waals surface area contributed by atoms with E-state index in [0.29, 0.717) is 5.95 Å². The minimum absolute atomic E-state index is 0.638. The molecule has 34 heavy (non-hydrogen) atoms. The van der Waals surface area contributed by atoms with Gasteiger partial charge in [0.2, 0.25) is 5.95 Å². The molecule has 1 aliphatic rings. The molecule has 4 heterocycles. The van der Waals surface area contributed by atoms with Crippen LogP contribution >= 0.6 is 0 Å². The Hall–Kier alpha value is -4.07. The smallest absolute Gasteiger partial charge is 0.226 e. The summed E-state index contributed by atoms with van der Waals surface area (Å²) in [7, 11) is 3.64. The third-order valence-electron chi connectivity index (χ3n) is 6.54. The lowest BCUT2D eigenvalue weighted by Gasteiger charge is -2.28. The minimum Gasteiger partial charge on any atom is -0.497 e. The highest BCUT2D eigenvalue weighted by Gasteiger charge is 2.26. The van der Waals surface area contributed by atoms with Crippen LogP contribution in [0.5, 0.6) is 5.75 Å². The highest BCUT2D eigenvalue weighted by Crippen LogP contribution is 2.33. The molecular formula is C26H27N7O. The van der Waals surface area contributed by atoms with Crippen molar-refractivity contribution in [3.05, 3.63) is 71.5 Å². The van der Waals surface area contributed by atoms with Crippen LogP contribution in [0, 0.1) is 0 Å². The number of aryl methyl sites for hydroxylation is 1. The Morgan fingerprint density at radius 2 is 1.94 bits per heavy atom. The van der Waals surface area contributed by atoms with Gasteiger partial charge < -0.3 is 19.9 Å². The van der Waals surface area contributed by atoms with Crippen LogP contribution in [-0.4, -0.2) is 44.9 Å². The first-order valence-electron chi connectivity index (χ1n) is 11.6. The van der Waals surface area contributed by atoms with E-state index in [9.17, 15) is 0 Å². The third-order valence-corrected chi connectivity index (χ3v) is 6.54. The van der Waals surface area contributed by atoms with Gasteiger partial charge in [-0.2, -0.15) is 15.1 Å². The lowest BCUT2D eigenvalue weighted by atomic mass is 10.1. The number of ether oxygens (including phenoxy) is 1. The first-order valence-corrected chi connectivity index (χ1v) is 11.6. The molecule has 0 amide bonds. The van der Waals surface area contributed by atoms with Crippen molar-refractivity contribution < 1.29 is 4.74 Å². The molecule has 2 N–H and O–H groups in total. The second-order valence-corrected chi connectivity index (χ2v) is 8.70. The summed E-state index contributed by atoms with van der Waals surface area (Å²) in [4.78, 5) is 15.4. The number of benzene rings is 2. The Kier molecular flexibility index (Phi) is 5.05. The van der Waals surface area contributed by atoms with Gasteiger partial charge in [0.05, 0.1) is 18.2 Å². The first kappa shape index (κ1) is 20.5. The molecule has 1 aliphatic heterocycles. The zero-order valence-corrected chi connectivity index (χ0v) is 19.4. The highest BCUT2D eigenvalue weighted by molar-refractivity contribution is 5.92. The number of para-hydroxylation sites is 1. The van der Waals surface area contributed by atoms with Crippen LogP contribution in [0.15, 0.2) is 54.7 Å². The van der Waals surface area contributed by atoms with Gasteiger partial charge in [0.15, 0.2) is 5.65 Å². The van der Waals surface area contributed by atoms with E-state index in [1.165, 1.54) is 16.5 Å². The molecule has 8 nitrogen and oxygen atoms in total. The van der Waals surface area contributed by atoms with E-state index in [2.05, 4.69) is 57.8 Å². The summed E-state index contributed by atoms with van der Waals surface area (Å²) in [6.07, 6.45) is 3.86. The number of rotatable bonds is 7. The first-order chi connectivity index (χ1) is 16.7. The van der Waals surface area contributed by atoms with E-state index in [1.54, 1.807) is 7.11 Å². The molecule has 0 spiro atoms. The van der Waals surface area contributed by atoms with E-state index < -0.39 is 0 Å². The standard InChI is InChI=1S/C26H27N7O/c1-32-24-23-22(31-32)12-14-33(16-17-7-9-19(34-2)10-8-17)25(23)30-26(29-24)27-13-11-18-15-28-21-6-4-3-5-20(18)21/h3-10,15,28H,11-14,16H2,1-2H3,(H,27,29,30). The zero-order valence-electron chi connectivity index (χ0n) is 19.4. The van der Waals surface area contributed by atoms with Gasteiger partial charge in [0, 0.05) is 50.2 Å². The van der Waals surface area contributed by atoms with E-state index in [-0.39, 0.29) is 0 Å². The fraction of sp³-hybridized carbons (Fsp3) is 0.269. The number of H-pyrrole nitrogens is 1. The summed E-state index contributed by atoms with van der Waals surface area (Å²) in [6.45, 7) is 2.39. The molecule has 0 saturated carbocycles. The summed E-state index contributed by atoms with van der Waals surface area (Å²) >= 11 is 0. The molecule has 5 aromatic rings. The molecular weight excluding hydrogens is 426 g/mol. The van der Waals surface area contributed by atoms with Crippen LogP contribution in [0.25, 0.3) is 21.9 Å². The van der Waals surface area contributed by atoms with Gasteiger partial charge >= 0.3 is 0 Å². The van der Waals surface area contributed by atoms with Gasteiger partial charge in [-0.3, -0.25) is 0 Å². The molecule has 0 unspecified atom stereocenters. The van der Waals surface area contributed by atoms with Gasteiger partial charge in [-0.1, -0.05) is 30.3 Å². The number of methoxy groups -OCH3 is 1. The Morgan fingerprint density at radius 3 is 2.79 bits per heavy atom. The van der Waals surface area contributed by atoms with Crippen LogP contribution in [0.1, 0.15) is 16.8 Å². The largest absolute Gasteiger partial charge is 0.497 e. The number of hydrogen-bond donors (Lipinski definition) is 2. The van der Waals surface area contributed by atoms with Crippen molar-refractivity contribution in [3.63, 3.8) is 0 Å². The number of aromatic amines is 1. The number of hydrogen-bond acceptors (Lipinski definition) is 6. The highest BCUT2D eigenvalue weighted by atomic mass is 16.5. The Labute approximate surface area is 197 Å². The van der Waals surface area contributed by atoms with E-state index in [4.69, 9.17) is 19.8 Å². The summed E-state index contributed by atoms with van der Waals surface area (Å²) in [5, 5.41) is 10.5. The summed E-state index contributed by atoms with van der Waals surface area (Å²) in [5.74, 6) is 2.45. The SMILES string of the molecule is COc1ccc(CN2CCc3nn(C)c4nc(NCCc5c[nH]c6ccccc56)nc2c34)cc1. The fourth-order valence-electron chi connectivity index (χ4n) is 4.79. The van der Waals surface area contributed by atoms with Crippen molar-refractivity contribution in [1.82, 2.24) is 24.7 Å². The molecule has 0 atom stereocenters. The van der Waals surface area contributed by atoms with Gasteiger partial charge in [-0.05, 0) is 35.7 Å². The van der Waals surface area contributed by atoms with Gasteiger partial charge in [0.25, 0.3) is 0 Å². The second-order valence-electron chi connectivity index (χ2n) is 8.70. The average molecular weight is 454 g/mol. The van der Waals surface area contributed by atoms with Crippen molar-refractivity contribution in [3.8, 4) is 5.75 Å². The predicted molar refractivity (Wildman–Crippen MR) is 135 cm³/mol. The summed E-state index contributed by atoms with van der Waals surface area (Å²) < 4.78 is 7.18. The van der Waals surface area contributed by atoms with Crippen LogP contribution in [0.3, 0.4) is 0 Å². The minimum atomic E-state index is 0.638. The van der Waals surface area contributed by atoms with E-state index >= 15 is 0 Å². The van der Waals surface area contributed by atoms with Crippen molar-refractivity contribution in [2.45, 2.75) is 19.4 Å². The Balaban J connectivity index is 1.26. The summed E-state index contributed by atoms with van der Waals surface area (Å²) in [6, 6.07) is 16.6. The predicted octanol–water partition coefficient (Wildman–Crippen LogP) is 4.07. The van der Waals surface area contributed by atoms with Crippen LogP contribution in [0.2, 0.25) is 0 Å². The molecule has 2 aromatic carbocycles. The molecule has 0 radical (unpaired) electrons. The molecule has 172 valence electrons. The number of nitrogens with zero attached hydrogens (tertiary/aromatic N) is 5. The quantitative estimate of drug-likeness (QED) is 0.387. The second kappa shape index (κ2) is 8.37. The van der Waals surface area contributed by atoms with Crippen molar-refractivity contribution in [1.29, 1.82) is 0 Å². The van der Waals surface area contributed by atoms with Crippen LogP contribution in [0.4, 0.5) is 11.8 Å². The third kappa shape index (κ3) is 3.61. The molecule has 3 aromatic heterocycles. The number of nitrogens with one attached hydrogen (secondary N) is 2. The normalized spacial score (nSPS) is 13.1. The zero-order chi connectivity index (χ0) is 23.1. The average Bonchev–Trinajstić information content (AvgIpc) is 3.43. The van der Waals surface area contributed by atoms with Crippen molar-refractivity contribution >= 4 is 33.7 Å². The van der Waals surface area contributed by atoms with Gasteiger partial charge in [0.1, 0.15) is 11.6 Å². The molecule has 0 aliphatic carbocycles. The Morgan fingerprint density at radius 1 is 1.09 bits per heavy atom. The maximum Gasteiger partial charge on any atom is 0.226 e. The number of aromatic nitrogens is 5. The van der Waals surface area contributed by atoms with Crippen molar-refractivity contribution in [2.75, 3.05) is 30.4 Å². The number of anilines is 2. The molecule has 0 fully saturated rings. The van der Waals surface area contributed by atoms with E-state index in [0.717, 1.165) is 66.3 Å². The van der Waals surface area contributed by atoms with Gasteiger partial charge in [-0.15, -0.1) is 0 Å². The molecule has 8 heteroatoms. The topological polar surface area (TPSA) is 83.9 Å². The maximum atomic E-state index is 5.30. The maximum absolute atomic E-state index is 5.30. The fourth-order valence-corrected chi connectivity index (χ4v) is 4.79. The number of fused-ring (bicyclic) bond motifs is 1. The molecule has 0 saturated heterocycles. The summed E-state index contributed by atoms with van der Waals surface area (Å²) in [5.41, 5.74) is 5.61. The Bertz CT molecular complexity index is 1470. The molecule has 0 bridgehead atoms.